The number of amides is 3. The van der Waals surface area contributed by atoms with Gasteiger partial charge in [0.1, 0.15) is 5.54 Å². The van der Waals surface area contributed by atoms with Crippen molar-refractivity contribution < 1.29 is 9.59 Å². The van der Waals surface area contributed by atoms with Gasteiger partial charge in [0.25, 0.3) is 5.91 Å². The number of imide groups is 1. The number of hydrogen-bond acceptors (Lipinski definition) is 4. The van der Waals surface area contributed by atoms with Crippen molar-refractivity contribution in [1.29, 1.82) is 0 Å². The molecule has 1 saturated carbocycles. The molecule has 1 aliphatic heterocycles. The molecule has 1 aromatic rings. The second kappa shape index (κ2) is 5.75. The van der Waals surface area contributed by atoms with Gasteiger partial charge in [-0.25, -0.2) is 9.78 Å². The summed E-state index contributed by atoms with van der Waals surface area (Å²) in [5, 5.41) is 3.94. The Kier molecular flexibility index (Phi) is 3.97. The molecule has 1 spiro atoms. The Bertz CT molecular complexity index is 547. The van der Waals surface area contributed by atoms with Crippen molar-refractivity contribution in [1.82, 2.24) is 15.2 Å². The van der Waals surface area contributed by atoms with E-state index in [4.69, 9.17) is 0 Å². The fourth-order valence-corrected chi connectivity index (χ4v) is 4.09. The standard InChI is InChI=1S/C15H21N3O2S/c1-11-16-9-12(21-11)10-18-13(19)15(17-14(18)20)7-5-3-2-4-6-8-15/h9H,2-8,10H2,1H3,(H,17,20). The molecule has 6 heteroatoms. The third kappa shape index (κ3) is 2.81. The topological polar surface area (TPSA) is 62.3 Å². The number of thiazole rings is 1. The molecule has 1 aliphatic carbocycles. The Morgan fingerprint density at radius 2 is 1.90 bits per heavy atom. The molecule has 3 rings (SSSR count). The summed E-state index contributed by atoms with van der Waals surface area (Å²) in [5.74, 6) is -0.0412. The predicted molar refractivity (Wildman–Crippen MR) is 81.0 cm³/mol. The number of nitrogens with zero attached hydrogens (tertiary/aromatic N) is 2. The summed E-state index contributed by atoms with van der Waals surface area (Å²) in [6.45, 7) is 2.27. The third-order valence-corrected chi connectivity index (χ3v) is 5.33. The van der Waals surface area contributed by atoms with Crippen molar-refractivity contribution in [3.05, 3.63) is 16.1 Å². The van der Waals surface area contributed by atoms with Crippen molar-refractivity contribution in [2.75, 3.05) is 0 Å². The summed E-state index contributed by atoms with van der Waals surface area (Å²) in [7, 11) is 0. The van der Waals surface area contributed by atoms with Crippen molar-refractivity contribution >= 4 is 23.3 Å². The van der Waals surface area contributed by atoms with Gasteiger partial charge in [-0.2, -0.15) is 0 Å². The van der Waals surface area contributed by atoms with E-state index in [1.165, 1.54) is 22.7 Å². The number of carbonyl (C=O) groups excluding carboxylic acids is 2. The number of nitrogens with one attached hydrogen (secondary N) is 1. The first kappa shape index (κ1) is 14.5. The lowest BCUT2D eigenvalue weighted by Gasteiger charge is -2.28. The van der Waals surface area contributed by atoms with Gasteiger partial charge in [0.2, 0.25) is 0 Å². The van der Waals surface area contributed by atoms with Crippen LogP contribution in [0.3, 0.4) is 0 Å². The predicted octanol–water partition coefficient (Wildman–Crippen LogP) is 2.99. The fourth-order valence-electron chi connectivity index (χ4n) is 3.30. The van der Waals surface area contributed by atoms with E-state index >= 15 is 0 Å². The number of aromatic nitrogens is 1. The quantitative estimate of drug-likeness (QED) is 0.854. The van der Waals surface area contributed by atoms with Gasteiger partial charge in [-0.05, 0) is 19.8 Å². The average molecular weight is 307 g/mol. The number of urea groups is 1. The Labute approximate surface area is 128 Å². The molecule has 0 aromatic carbocycles. The minimum absolute atomic E-state index is 0.0412. The summed E-state index contributed by atoms with van der Waals surface area (Å²) in [4.78, 5) is 31.6. The molecular formula is C15H21N3O2S. The number of carbonyl (C=O) groups is 2. The number of hydrogen-bond donors (Lipinski definition) is 1. The molecule has 3 amide bonds. The first-order chi connectivity index (χ1) is 10.1. The summed E-state index contributed by atoms with van der Waals surface area (Å²) >= 11 is 1.54. The molecule has 21 heavy (non-hydrogen) atoms. The van der Waals surface area contributed by atoms with Gasteiger partial charge in [0.15, 0.2) is 0 Å². The van der Waals surface area contributed by atoms with Gasteiger partial charge in [-0.3, -0.25) is 9.69 Å². The van der Waals surface area contributed by atoms with E-state index in [9.17, 15) is 9.59 Å². The van der Waals surface area contributed by atoms with Crippen LogP contribution in [0.2, 0.25) is 0 Å². The van der Waals surface area contributed by atoms with E-state index in [-0.39, 0.29) is 11.9 Å². The van der Waals surface area contributed by atoms with Crippen molar-refractivity contribution in [3.8, 4) is 0 Å². The van der Waals surface area contributed by atoms with E-state index in [1.54, 1.807) is 6.20 Å². The third-order valence-electron chi connectivity index (χ3n) is 4.44. The van der Waals surface area contributed by atoms with Crippen LogP contribution >= 0.6 is 11.3 Å². The second-order valence-electron chi connectivity index (χ2n) is 6.02. The van der Waals surface area contributed by atoms with Gasteiger partial charge in [-0.1, -0.05) is 32.1 Å². The van der Waals surface area contributed by atoms with Crippen LogP contribution in [0, 0.1) is 6.92 Å². The Hall–Kier alpha value is -1.43. The number of aryl methyl sites for hydroxylation is 1. The van der Waals surface area contributed by atoms with Crippen LogP contribution in [0.15, 0.2) is 6.20 Å². The van der Waals surface area contributed by atoms with Crippen molar-refractivity contribution in [3.63, 3.8) is 0 Å². The van der Waals surface area contributed by atoms with E-state index in [2.05, 4.69) is 10.3 Å². The van der Waals surface area contributed by atoms with Crippen LogP contribution in [0.4, 0.5) is 4.79 Å². The van der Waals surface area contributed by atoms with Gasteiger partial charge < -0.3 is 5.32 Å². The van der Waals surface area contributed by atoms with E-state index < -0.39 is 5.54 Å². The largest absolute Gasteiger partial charge is 0.325 e. The highest BCUT2D eigenvalue weighted by atomic mass is 32.1. The molecule has 1 N–H and O–H groups in total. The van der Waals surface area contributed by atoms with Crippen LogP contribution in [0.5, 0.6) is 0 Å². The molecule has 0 radical (unpaired) electrons. The van der Waals surface area contributed by atoms with E-state index in [1.807, 2.05) is 6.92 Å². The lowest BCUT2D eigenvalue weighted by Crippen LogP contribution is -2.47. The van der Waals surface area contributed by atoms with Crippen LogP contribution in [-0.4, -0.2) is 27.4 Å². The van der Waals surface area contributed by atoms with Gasteiger partial charge in [0, 0.05) is 11.1 Å². The molecule has 2 aliphatic rings. The zero-order valence-corrected chi connectivity index (χ0v) is 13.2. The monoisotopic (exact) mass is 307 g/mol. The highest BCUT2D eigenvalue weighted by Crippen LogP contribution is 2.33. The minimum Gasteiger partial charge on any atom is -0.323 e. The molecule has 2 heterocycles. The first-order valence-electron chi connectivity index (χ1n) is 7.66. The zero-order valence-electron chi connectivity index (χ0n) is 12.4. The maximum absolute atomic E-state index is 12.8. The maximum atomic E-state index is 12.8. The first-order valence-corrected chi connectivity index (χ1v) is 8.48. The smallest absolute Gasteiger partial charge is 0.323 e. The average Bonchev–Trinajstić information content (AvgIpc) is 2.92. The van der Waals surface area contributed by atoms with Crippen molar-refractivity contribution in [2.45, 2.75) is 64.0 Å². The van der Waals surface area contributed by atoms with E-state index in [0.717, 1.165) is 48.4 Å². The normalized spacial score (nSPS) is 22.2. The van der Waals surface area contributed by atoms with E-state index in [0.29, 0.717) is 6.54 Å². The summed E-state index contributed by atoms with van der Waals surface area (Å²) < 4.78 is 0. The van der Waals surface area contributed by atoms with Crippen LogP contribution < -0.4 is 5.32 Å². The molecule has 1 aromatic heterocycles. The Balaban J connectivity index is 1.77. The van der Waals surface area contributed by atoms with Crippen molar-refractivity contribution in [2.24, 2.45) is 0 Å². The highest BCUT2D eigenvalue weighted by Gasteiger charge is 2.50. The summed E-state index contributed by atoms with van der Waals surface area (Å²) in [6.07, 6.45) is 8.87. The molecule has 0 atom stereocenters. The summed E-state index contributed by atoms with van der Waals surface area (Å²) in [5.41, 5.74) is -0.642. The van der Waals surface area contributed by atoms with Gasteiger partial charge in [0.05, 0.1) is 11.6 Å². The molecule has 1 saturated heterocycles. The number of rotatable bonds is 2. The fraction of sp³-hybridized carbons (Fsp3) is 0.667. The minimum atomic E-state index is -0.642. The molecule has 5 nitrogen and oxygen atoms in total. The Morgan fingerprint density at radius 1 is 1.24 bits per heavy atom. The molecule has 2 fully saturated rings. The van der Waals surface area contributed by atoms with Crippen LogP contribution in [0.25, 0.3) is 0 Å². The van der Waals surface area contributed by atoms with Gasteiger partial charge in [-0.15, -0.1) is 11.3 Å². The highest BCUT2D eigenvalue weighted by molar-refractivity contribution is 7.11. The second-order valence-corrected chi connectivity index (χ2v) is 7.34. The lowest BCUT2D eigenvalue weighted by atomic mass is 9.84. The van der Waals surface area contributed by atoms with Crippen LogP contribution in [0.1, 0.15) is 54.8 Å². The molecule has 114 valence electrons. The van der Waals surface area contributed by atoms with Crippen LogP contribution in [-0.2, 0) is 11.3 Å². The zero-order chi connectivity index (χ0) is 14.9. The van der Waals surface area contributed by atoms with Gasteiger partial charge >= 0.3 is 6.03 Å². The maximum Gasteiger partial charge on any atom is 0.325 e. The summed E-state index contributed by atoms with van der Waals surface area (Å²) in [6, 6.07) is -0.244. The Morgan fingerprint density at radius 3 is 2.52 bits per heavy atom. The SMILES string of the molecule is Cc1ncc(CN2C(=O)NC3(CCCCCCC3)C2=O)s1. The lowest BCUT2D eigenvalue weighted by molar-refractivity contribution is -0.132. The molecule has 0 unspecified atom stereocenters. The molecule has 0 bridgehead atoms. The molecular weight excluding hydrogens is 286 g/mol.